The summed E-state index contributed by atoms with van der Waals surface area (Å²) in [6.45, 7) is 4.96. The third kappa shape index (κ3) is 18.7. The van der Waals surface area contributed by atoms with Crippen molar-refractivity contribution in [3.63, 3.8) is 0 Å². The highest BCUT2D eigenvalue weighted by molar-refractivity contribution is 6.32. The maximum atomic E-state index is 16.5. The largest absolute Gasteiger partial charge is 0.508 e. The van der Waals surface area contributed by atoms with Crippen molar-refractivity contribution in [2.75, 3.05) is 40.0 Å². The number of nitrogens with one attached hydrogen (secondary N) is 9. The second-order valence-electron chi connectivity index (χ2n) is 31.7. The monoisotopic (exact) mass is 1670 g/mol. The van der Waals surface area contributed by atoms with Crippen LogP contribution in [0, 0.1) is 36.5 Å². The molecule has 35 nitrogen and oxygen atoms in total. The highest BCUT2D eigenvalue weighted by atomic mass is 35.5. The van der Waals surface area contributed by atoms with Gasteiger partial charge in [0.25, 0.3) is 5.91 Å². The minimum absolute atomic E-state index is 0.0638. The Balaban J connectivity index is 0.992. The van der Waals surface area contributed by atoms with Gasteiger partial charge in [-0.15, -0.1) is 0 Å². The summed E-state index contributed by atoms with van der Waals surface area (Å²) in [5.74, 6) is -14.0. The fourth-order valence-electron chi connectivity index (χ4n) is 17.0. The molecule has 6 heterocycles. The number of ether oxygens (including phenoxy) is 6. The van der Waals surface area contributed by atoms with E-state index >= 15 is 28.8 Å². The van der Waals surface area contributed by atoms with Gasteiger partial charge in [-0.2, -0.15) is 0 Å². The number of carbonyl (C=O) groups is 9. The van der Waals surface area contributed by atoms with Gasteiger partial charge in [-0.3, -0.25) is 48.5 Å². The van der Waals surface area contributed by atoms with Gasteiger partial charge >= 0.3 is 0 Å². The van der Waals surface area contributed by atoms with E-state index in [9.17, 15) is 60.3 Å². The number of aliphatic hydroxyl groups is 6. The molecule has 0 unspecified atom stereocenters. The highest BCUT2D eigenvalue weighted by Crippen LogP contribution is 2.55. The zero-order valence-electron chi connectivity index (χ0n) is 65.4. The summed E-state index contributed by atoms with van der Waals surface area (Å²) in [4.78, 5) is 139. The Morgan fingerprint density at radius 1 is 0.622 bits per heavy atom. The van der Waals surface area contributed by atoms with Gasteiger partial charge < -0.3 is 128 Å². The molecular formula is C83H98ClN11O24. The summed E-state index contributed by atoms with van der Waals surface area (Å²) in [6.07, 6.45) is -9.87. The van der Waals surface area contributed by atoms with Crippen LogP contribution in [0.4, 0.5) is 0 Å². The van der Waals surface area contributed by atoms with Gasteiger partial charge in [-0.25, -0.2) is 0 Å². The number of aliphatic hydroxyl groups excluding tert-OH is 6. The maximum Gasteiger partial charge on any atom is 0.257 e. The van der Waals surface area contributed by atoms with Crippen molar-refractivity contribution in [2.45, 2.75) is 170 Å². The molecule has 10 aliphatic rings. The van der Waals surface area contributed by atoms with Crippen molar-refractivity contribution in [2.24, 2.45) is 41.1 Å². The number of rotatable bonds is 21. The second kappa shape index (κ2) is 36.7. The highest BCUT2D eigenvalue weighted by Gasteiger charge is 2.51. The minimum Gasteiger partial charge on any atom is -0.508 e. The SMILES string of the molecule is CN[C@H](CC(C)C)C(=O)N[C@H]1C(=O)N[C@@H](CC(=O)NC(=O)c2ccc(OCCCN)c(OCCCN)c2)C(=O)N[C@H]2C(=O)N[C@H]3C(=O)N[C@H](C(=O)N[C@H](C(=O)NC4C5CC6CC(C5)CC4C6)c4cc(O)cc(O)c4-c4cc3ccc4O)[C@H](O)c3ccc(c(Cl)c3)Oc3cc2cc(c3O[C@@H]2O[C@H](CO)[C@@H](O)[C@H](O)[C@H]2O)Oc2ccc(cc2C)[C@H]1O. The molecule has 9 amide bonds. The molecule has 4 saturated carbocycles. The Kier molecular flexibility index (Phi) is 26.5. The molecule has 22 N–H and O–H groups in total. The van der Waals surface area contributed by atoms with Crippen LogP contribution in [-0.4, -0.2) is 200 Å². The number of benzene rings is 6. The average Bonchev–Trinajstić information content (AvgIpc) is 0.753. The third-order valence-corrected chi connectivity index (χ3v) is 23.1. The molecule has 0 aromatic heterocycles. The van der Waals surface area contributed by atoms with Crippen LogP contribution in [0.15, 0.2) is 97.1 Å². The van der Waals surface area contributed by atoms with Crippen molar-refractivity contribution >= 4 is 64.8 Å². The zero-order chi connectivity index (χ0) is 85.1. The van der Waals surface area contributed by atoms with E-state index in [1.807, 2.05) is 13.8 Å². The van der Waals surface area contributed by atoms with Crippen molar-refractivity contribution in [3.05, 3.63) is 141 Å². The molecule has 0 radical (unpaired) electrons. The summed E-state index contributed by atoms with van der Waals surface area (Å²) < 4.78 is 37.5. The van der Waals surface area contributed by atoms with Crippen LogP contribution >= 0.6 is 11.6 Å². The normalized spacial score (nSPS) is 27.3. The van der Waals surface area contributed by atoms with Crippen LogP contribution in [-0.2, 0) is 43.1 Å². The van der Waals surface area contributed by atoms with Crippen LogP contribution in [0.2, 0.25) is 5.02 Å². The molecule has 36 heteroatoms. The molecule has 6 aliphatic heterocycles. The maximum absolute atomic E-state index is 16.5. The fraction of sp³-hybridized carbons (Fsp3) is 0.458. The van der Waals surface area contributed by atoms with Crippen molar-refractivity contribution in [1.82, 2.24) is 47.9 Å². The third-order valence-electron chi connectivity index (χ3n) is 22.8. The van der Waals surface area contributed by atoms with Crippen molar-refractivity contribution < 1.29 is 118 Å². The van der Waals surface area contributed by atoms with Gasteiger partial charge in [0.05, 0.1) is 37.3 Å². The lowest BCUT2D eigenvalue weighted by atomic mass is 9.54. The molecule has 4 aliphatic carbocycles. The molecule has 5 fully saturated rings. The van der Waals surface area contributed by atoms with E-state index in [0.29, 0.717) is 24.7 Å². The Morgan fingerprint density at radius 2 is 1.25 bits per heavy atom. The molecule has 16 rings (SSSR count). The smallest absolute Gasteiger partial charge is 0.257 e. The second-order valence-corrected chi connectivity index (χ2v) is 32.1. The number of fused-ring (bicyclic) bond motifs is 15. The molecule has 1 saturated heterocycles. The van der Waals surface area contributed by atoms with Crippen LogP contribution in [0.3, 0.4) is 0 Å². The van der Waals surface area contributed by atoms with Crippen LogP contribution in [0.25, 0.3) is 11.1 Å². The summed E-state index contributed by atoms with van der Waals surface area (Å²) in [5.41, 5.74) is 9.38. The predicted molar refractivity (Wildman–Crippen MR) is 422 cm³/mol. The van der Waals surface area contributed by atoms with E-state index in [0.717, 1.165) is 80.6 Å². The molecular weight excluding hydrogens is 1570 g/mol. The number of likely N-dealkylation sites (N-methyl/N-ethyl adjacent to an activating group) is 1. The number of phenols is 3. The number of aromatic hydroxyl groups is 3. The first-order valence-electron chi connectivity index (χ1n) is 39.5. The van der Waals surface area contributed by atoms with E-state index < -0.39 is 196 Å². The number of nitrogens with two attached hydrogens (primary N) is 2. The minimum atomic E-state index is -2.38. The summed E-state index contributed by atoms with van der Waals surface area (Å²) in [7, 11) is 1.49. The lowest BCUT2D eigenvalue weighted by Crippen LogP contribution is -2.60. The van der Waals surface area contributed by atoms with Crippen LogP contribution < -0.4 is 83.0 Å². The van der Waals surface area contributed by atoms with Gasteiger partial charge in [0.1, 0.15) is 102 Å². The standard InChI is InChI=1S/C83H98ClN11O24/c1-35(2)19-50(87-4)76(107)94-67-69(101)40-8-12-54(36(3)20-40)116-58-29-45-30-59(74(58)119-83-73(105)72(104)71(103)60(34-96)118-83)117-55-13-9-41(27-49(55)84)70(102)68-82(113)93-66(80(111)90-63-43-22-37-21-38(24-43)25-44(63)23-37)48-31-46(97)32-53(99)62(48)47-26-39(7-11-52(47)98)64(78(109)95-68)92-79(110)65(45)91-77(108)51(88-81(67)112)33-61(100)89-75(106)42-10-14-56(114-17-5-15-85)57(28-42)115-18-6-16-86/h7-14,20,26-32,35,37-38,43-44,50-51,60,63-73,83,87,96-99,101-105H,5-6,15-19,21-25,33-34,85-86H2,1-4H3,(H,88,112)(H,90,111)(H,91,108)(H,92,110)(H,93,113)(H,94,107)(H,95,109)(H,89,100,106)/t37?,38?,43?,44?,50-,51+,60-,63?,64-,65-,66+,67-,68+,69-,70-,71-,72+,73-,83+/m1/s1. The molecule has 6 aromatic carbocycles. The summed E-state index contributed by atoms with van der Waals surface area (Å²) in [6, 6.07) is 4.46. The van der Waals surface area contributed by atoms with E-state index in [2.05, 4.69) is 47.9 Å². The Labute approximate surface area is 687 Å². The number of phenolic OH excluding ortho intramolecular Hbond substituents is 3. The number of hydrogen-bond acceptors (Lipinski definition) is 27. The lowest BCUT2D eigenvalue weighted by molar-refractivity contribution is -0.277. The van der Waals surface area contributed by atoms with Gasteiger partial charge in [0.15, 0.2) is 23.0 Å². The quantitative estimate of drug-likeness (QED) is 0.0460. The van der Waals surface area contributed by atoms with Crippen LogP contribution in [0.5, 0.6) is 57.5 Å². The van der Waals surface area contributed by atoms with Gasteiger partial charge in [0.2, 0.25) is 59.3 Å². The number of carbonyl (C=O) groups excluding carboxylic acids is 9. The molecule has 119 heavy (non-hydrogen) atoms. The van der Waals surface area contributed by atoms with E-state index in [1.165, 1.54) is 62.5 Å². The van der Waals surface area contributed by atoms with E-state index in [-0.39, 0.29) is 124 Å². The van der Waals surface area contributed by atoms with E-state index in [1.54, 1.807) is 0 Å². The summed E-state index contributed by atoms with van der Waals surface area (Å²) >= 11 is 7.19. The topological polar surface area (TPSA) is 551 Å². The van der Waals surface area contributed by atoms with Gasteiger partial charge in [-0.05, 0) is 214 Å². The zero-order valence-corrected chi connectivity index (χ0v) is 66.1. The first kappa shape index (κ1) is 85.9. The number of halogens is 1. The molecule has 0 spiro atoms. The number of aryl methyl sites for hydroxylation is 1. The Morgan fingerprint density at radius 3 is 1.90 bits per heavy atom. The molecule has 6 aromatic rings. The van der Waals surface area contributed by atoms with E-state index in [4.69, 9.17) is 51.5 Å². The van der Waals surface area contributed by atoms with Gasteiger partial charge in [-0.1, -0.05) is 43.6 Å². The first-order chi connectivity index (χ1) is 56.9. The van der Waals surface area contributed by atoms with Crippen LogP contribution in [0.1, 0.15) is 146 Å². The predicted octanol–water partition coefficient (Wildman–Crippen LogP) is 2.31. The number of hydrogen-bond donors (Lipinski definition) is 20. The molecule has 636 valence electrons. The number of amides is 9. The Hall–Kier alpha value is -11.0. The molecule has 14 atom stereocenters. The van der Waals surface area contributed by atoms with Crippen molar-refractivity contribution in [1.29, 1.82) is 0 Å². The van der Waals surface area contributed by atoms with Gasteiger partial charge in [0, 0.05) is 28.8 Å². The first-order valence-corrected chi connectivity index (χ1v) is 39.9. The average molecular weight is 1670 g/mol. The fourth-order valence-corrected chi connectivity index (χ4v) is 17.2. The number of imide groups is 1. The lowest BCUT2D eigenvalue weighted by Gasteiger charge is -2.54. The Bertz CT molecular complexity index is 4850. The van der Waals surface area contributed by atoms with Crippen molar-refractivity contribution in [3.8, 4) is 68.6 Å². The molecule has 15 bridgehead atoms. The summed E-state index contributed by atoms with van der Waals surface area (Å²) in [5, 5.41) is 129.